The molecule has 16 heavy (non-hydrogen) atoms. The maximum Gasteiger partial charge on any atom is 0.0798 e. The largest absolute Gasteiger partial charge is 0.392 e. The van der Waals surface area contributed by atoms with Crippen molar-refractivity contribution in [3.8, 4) is 0 Å². The van der Waals surface area contributed by atoms with Crippen LogP contribution in [0.15, 0.2) is 29.2 Å². The van der Waals surface area contributed by atoms with E-state index >= 15 is 0 Å². The third-order valence-electron chi connectivity index (χ3n) is 2.66. The van der Waals surface area contributed by atoms with Crippen LogP contribution >= 0.6 is 11.8 Å². The van der Waals surface area contributed by atoms with E-state index in [-0.39, 0.29) is 11.4 Å². The second kappa shape index (κ2) is 6.28. The molecular formula is C13H20O2S. The van der Waals surface area contributed by atoms with Crippen molar-refractivity contribution in [2.45, 2.75) is 49.5 Å². The molecule has 0 heterocycles. The van der Waals surface area contributed by atoms with Crippen LogP contribution in [0.4, 0.5) is 0 Å². The molecule has 0 aliphatic rings. The molecule has 0 amide bonds. The Morgan fingerprint density at radius 1 is 1.19 bits per heavy atom. The monoisotopic (exact) mass is 240 g/mol. The molecule has 1 rings (SSSR count). The Hall–Kier alpha value is -0.510. The van der Waals surface area contributed by atoms with E-state index in [0.717, 1.165) is 10.5 Å². The van der Waals surface area contributed by atoms with Gasteiger partial charge in [-0.2, -0.15) is 0 Å². The number of benzene rings is 1. The third kappa shape index (κ3) is 3.51. The van der Waals surface area contributed by atoms with E-state index in [9.17, 15) is 10.2 Å². The van der Waals surface area contributed by atoms with Crippen LogP contribution in [0.3, 0.4) is 0 Å². The Bertz CT molecular complexity index is 325. The molecule has 90 valence electrons. The van der Waals surface area contributed by atoms with Gasteiger partial charge in [0.2, 0.25) is 0 Å². The van der Waals surface area contributed by atoms with Crippen molar-refractivity contribution in [3.05, 3.63) is 29.8 Å². The van der Waals surface area contributed by atoms with Gasteiger partial charge in [-0.05, 0) is 25.0 Å². The Labute approximate surface area is 102 Å². The molecule has 2 nitrogen and oxygen atoms in total. The Morgan fingerprint density at radius 3 is 2.38 bits per heavy atom. The van der Waals surface area contributed by atoms with E-state index in [0.29, 0.717) is 6.42 Å². The van der Waals surface area contributed by atoms with Crippen molar-refractivity contribution in [2.24, 2.45) is 0 Å². The van der Waals surface area contributed by atoms with Crippen molar-refractivity contribution in [1.29, 1.82) is 0 Å². The number of aliphatic hydroxyl groups is 2. The van der Waals surface area contributed by atoms with E-state index in [1.54, 1.807) is 18.7 Å². The van der Waals surface area contributed by atoms with Crippen LogP contribution in [-0.4, -0.2) is 21.6 Å². The molecular weight excluding hydrogens is 220 g/mol. The molecule has 0 saturated heterocycles. The van der Waals surface area contributed by atoms with Gasteiger partial charge in [-0.3, -0.25) is 0 Å². The average Bonchev–Trinajstić information content (AvgIpc) is 2.28. The van der Waals surface area contributed by atoms with Gasteiger partial charge in [0, 0.05) is 10.1 Å². The molecule has 1 aromatic rings. The minimum absolute atomic E-state index is 0.130. The average molecular weight is 240 g/mol. The summed E-state index contributed by atoms with van der Waals surface area (Å²) < 4.78 is 0. The standard InChI is InChI=1S/C13H20O2S/c1-4-12(15)11-7-5-6-8-13(11)16-10(3)9(2)14/h5-10,12,14-15H,4H2,1-3H3/t9?,10?,12-/m1/s1. The molecule has 0 aromatic heterocycles. The fraction of sp³-hybridized carbons (Fsp3) is 0.538. The second-order valence-corrected chi connectivity index (χ2v) is 5.44. The number of hydrogen-bond acceptors (Lipinski definition) is 3. The summed E-state index contributed by atoms with van der Waals surface area (Å²) in [5, 5.41) is 19.5. The van der Waals surface area contributed by atoms with Crippen LogP contribution in [0, 0.1) is 0 Å². The first-order valence-corrected chi connectivity index (χ1v) is 6.56. The van der Waals surface area contributed by atoms with Crippen LogP contribution in [0.1, 0.15) is 38.9 Å². The predicted molar refractivity (Wildman–Crippen MR) is 68.7 cm³/mol. The molecule has 0 aliphatic carbocycles. The van der Waals surface area contributed by atoms with Crippen molar-refractivity contribution in [1.82, 2.24) is 0 Å². The zero-order chi connectivity index (χ0) is 12.1. The highest BCUT2D eigenvalue weighted by Crippen LogP contribution is 2.32. The molecule has 0 spiro atoms. The first kappa shape index (κ1) is 13.6. The fourth-order valence-corrected chi connectivity index (χ4v) is 2.48. The number of hydrogen-bond donors (Lipinski definition) is 2. The van der Waals surface area contributed by atoms with Gasteiger partial charge in [-0.15, -0.1) is 11.8 Å². The third-order valence-corrected chi connectivity index (χ3v) is 4.05. The van der Waals surface area contributed by atoms with Gasteiger partial charge in [-0.1, -0.05) is 32.0 Å². The quantitative estimate of drug-likeness (QED) is 0.777. The summed E-state index contributed by atoms with van der Waals surface area (Å²) in [6.45, 7) is 5.74. The van der Waals surface area contributed by atoms with Crippen LogP contribution in [0.25, 0.3) is 0 Å². The van der Waals surface area contributed by atoms with Crippen LogP contribution in [0.5, 0.6) is 0 Å². The SMILES string of the molecule is CC[C@@H](O)c1ccccc1SC(C)C(C)O. The van der Waals surface area contributed by atoms with Crippen molar-refractivity contribution in [3.63, 3.8) is 0 Å². The first-order valence-electron chi connectivity index (χ1n) is 5.68. The Morgan fingerprint density at radius 2 is 1.81 bits per heavy atom. The van der Waals surface area contributed by atoms with Crippen LogP contribution in [-0.2, 0) is 0 Å². The summed E-state index contributed by atoms with van der Waals surface area (Å²) in [6, 6.07) is 7.84. The zero-order valence-electron chi connectivity index (χ0n) is 10.1. The maximum atomic E-state index is 9.89. The van der Waals surface area contributed by atoms with Crippen molar-refractivity contribution in [2.75, 3.05) is 0 Å². The number of aliphatic hydroxyl groups excluding tert-OH is 2. The predicted octanol–water partition coefficient (Wildman–Crippen LogP) is 2.99. The lowest BCUT2D eigenvalue weighted by Crippen LogP contribution is -2.15. The topological polar surface area (TPSA) is 40.5 Å². The molecule has 0 saturated carbocycles. The molecule has 0 bridgehead atoms. The summed E-state index contributed by atoms with van der Waals surface area (Å²) in [7, 11) is 0. The van der Waals surface area contributed by atoms with Crippen molar-refractivity contribution >= 4 is 11.8 Å². The molecule has 2 N–H and O–H groups in total. The molecule has 0 aliphatic heterocycles. The number of rotatable bonds is 5. The normalized spacial score (nSPS) is 16.8. The smallest absolute Gasteiger partial charge is 0.0798 e. The minimum Gasteiger partial charge on any atom is -0.392 e. The van der Waals surface area contributed by atoms with Gasteiger partial charge < -0.3 is 10.2 Å². The lowest BCUT2D eigenvalue weighted by atomic mass is 10.1. The highest BCUT2D eigenvalue weighted by molar-refractivity contribution is 8.00. The second-order valence-electron chi connectivity index (χ2n) is 4.03. The molecule has 0 radical (unpaired) electrons. The highest BCUT2D eigenvalue weighted by atomic mass is 32.2. The van der Waals surface area contributed by atoms with Gasteiger partial charge in [0.25, 0.3) is 0 Å². The summed E-state index contributed by atoms with van der Waals surface area (Å²) >= 11 is 1.61. The Balaban J connectivity index is 2.86. The lowest BCUT2D eigenvalue weighted by molar-refractivity contribution is 0.170. The van der Waals surface area contributed by atoms with Crippen LogP contribution in [0.2, 0.25) is 0 Å². The van der Waals surface area contributed by atoms with E-state index in [2.05, 4.69) is 0 Å². The van der Waals surface area contributed by atoms with Gasteiger partial charge >= 0.3 is 0 Å². The van der Waals surface area contributed by atoms with E-state index in [1.165, 1.54) is 0 Å². The van der Waals surface area contributed by atoms with E-state index < -0.39 is 6.10 Å². The first-order chi connectivity index (χ1) is 7.56. The number of thioether (sulfide) groups is 1. The van der Waals surface area contributed by atoms with Gasteiger partial charge in [0.15, 0.2) is 0 Å². The fourth-order valence-electron chi connectivity index (χ4n) is 1.38. The maximum absolute atomic E-state index is 9.89. The highest BCUT2D eigenvalue weighted by Gasteiger charge is 2.15. The van der Waals surface area contributed by atoms with Gasteiger partial charge in [0.05, 0.1) is 12.2 Å². The summed E-state index contributed by atoms with van der Waals surface area (Å²) in [4.78, 5) is 1.06. The summed E-state index contributed by atoms with van der Waals surface area (Å²) in [5.74, 6) is 0. The van der Waals surface area contributed by atoms with E-state index in [4.69, 9.17) is 0 Å². The van der Waals surface area contributed by atoms with Gasteiger partial charge in [0.1, 0.15) is 0 Å². The lowest BCUT2D eigenvalue weighted by Gasteiger charge is -2.18. The summed E-state index contributed by atoms with van der Waals surface area (Å²) in [6.07, 6.45) is -0.0533. The Kier molecular flexibility index (Phi) is 5.32. The van der Waals surface area contributed by atoms with E-state index in [1.807, 2.05) is 38.1 Å². The zero-order valence-corrected chi connectivity index (χ0v) is 10.9. The molecule has 3 atom stereocenters. The van der Waals surface area contributed by atoms with Crippen molar-refractivity contribution < 1.29 is 10.2 Å². The van der Waals surface area contributed by atoms with Gasteiger partial charge in [-0.25, -0.2) is 0 Å². The molecule has 3 heteroatoms. The molecule has 1 aromatic carbocycles. The minimum atomic E-state index is -0.412. The summed E-state index contributed by atoms with van der Waals surface area (Å²) in [5.41, 5.74) is 0.961. The molecule has 0 fully saturated rings. The molecule has 2 unspecified atom stereocenters. The van der Waals surface area contributed by atoms with Crippen LogP contribution < -0.4 is 0 Å².